The SMILES string of the molecule is COc1cc(C#CCCNC(=O)OCC2c3ccccc3-c3ccccc32)ccc1CO. The van der Waals surface area contributed by atoms with Gasteiger partial charge in [0.15, 0.2) is 0 Å². The van der Waals surface area contributed by atoms with Crippen LogP contribution in [0.1, 0.15) is 34.6 Å². The minimum absolute atomic E-state index is 0.0461. The van der Waals surface area contributed by atoms with Crippen molar-refractivity contribution in [2.45, 2.75) is 18.9 Å². The summed E-state index contributed by atoms with van der Waals surface area (Å²) in [5, 5.41) is 12.0. The normalized spacial score (nSPS) is 11.7. The monoisotopic (exact) mass is 427 g/mol. The van der Waals surface area contributed by atoms with Crippen LogP contribution in [0.5, 0.6) is 5.75 Å². The summed E-state index contributed by atoms with van der Waals surface area (Å²) >= 11 is 0. The highest BCUT2D eigenvalue weighted by Gasteiger charge is 2.28. The molecule has 1 aliphatic carbocycles. The fraction of sp³-hybridized carbons (Fsp3) is 0.222. The van der Waals surface area contributed by atoms with E-state index in [1.165, 1.54) is 22.3 Å². The maximum absolute atomic E-state index is 12.2. The number of methoxy groups -OCH3 is 1. The number of ether oxygens (including phenoxy) is 2. The van der Waals surface area contributed by atoms with Crippen LogP contribution in [0.3, 0.4) is 0 Å². The molecule has 0 heterocycles. The maximum atomic E-state index is 12.2. The number of alkyl carbamates (subject to hydrolysis) is 1. The maximum Gasteiger partial charge on any atom is 0.407 e. The fourth-order valence-electron chi connectivity index (χ4n) is 3.99. The average Bonchev–Trinajstić information content (AvgIpc) is 3.16. The second kappa shape index (κ2) is 10.0. The summed E-state index contributed by atoms with van der Waals surface area (Å²) in [6.07, 6.45) is 0.0523. The van der Waals surface area contributed by atoms with Gasteiger partial charge in [-0.2, -0.15) is 0 Å². The second-order valence-corrected chi connectivity index (χ2v) is 7.49. The third kappa shape index (κ3) is 4.61. The molecule has 0 atom stereocenters. The van der Waals surface area contributed by atoms with Gasteiger partial charge in [0.1, 0.15) is 12.4 Å². The van der Waals surface area contributed by atoms with E-state index in [-0.39, 0.29) is 12.5 Å². The summed E-state index contributed by atoms with van der Waals surface area (Å²) in [6, 6.07) is 21.9. The van der Waals surface area contributed by atoms with E-state index in [0.29, 0.717) is 25.3 Å². The lowest BCUT2D eigenvalue weighted by Gasteiger charge is -2.14. The van der Waals surface area contributed by atoms with Gasteiger partial charge in [-0.15, -0.1) is 0 Å². The largest absolute Gasteiger partial charge is 0.496 e. The predicted molar refractivity (Wildman–Crippen MR) is 123 cm³/mol. The number of hydrogen-bond donors (Lipinski definition) is 2. The zero-order valence-electron chi connectivity index (χ0n) is 17.9. The van der Waals surface area contributed by atoms with Gasteiger partial charge in [0, 0.05) is 30.0 Å². The van der Waals surface area contributed by atoms with Gasteiger partial charge in [0.05, 0.1) is 13.7 Å². The predicted octanol–water partition coefficient (Wildman–Crippen LogP) is 4.47. The topological polar surface area (TPSA) is 67.8 Å². The average molecular weight is 428 g/mol. The molecule has 4 rings (SSSR count). The molecule has 3 aromatic carbocycles. The third-order valence-corrected chi connectivity index (χ3v) is 5.55. The number of fused-ring (bicyclic) bond motifs is 3. The van der Waals surface area contributed by atoms with Crippen molar-refractivity contribution in [3.05, 3.63) is 89.0 Å². The quantitative estimate of drug-likeness (QED) is 0.450. The molecule has 0 fully saturated rings. The molecule has 0 spiro atoms. The second-order valence-electron chi connectivity index (χ2n) is 7.49. The molecule has 3 aromatic rings. The zero-order chi connectivity index (χ0) is 22.3. The van der Waals surface area contributed by atoms with Crippen molar-refractivity contribution < 1.29 is 19.4 Å². The Hall–Kier alpha value is -3.75. The Morgan fingerprint density at radius 1 is 1.03 bits per heavy atom. The molecule has 0 aliphatic heterocycles. The Kier molecular flexibility index (Phi) is 6.74. The third-order valence-electron chi connectivity index (χ3n) is 5.55. The molecule has 1 aliphatic rings. The molecule has 1 amide bonds. The number of aliphatic hydroxyl groups excluding tert-OH is 1. The van der Waals surface area contributed by atoms with Crippen molar-refractivity contribution in [2.75, 3.05) is 20.3 Å². The van der Waals surface area contributed by atoms with E-state index in [1.54, 1.807) is 19.2 Å². The summed E-state index contributed by atoms with van der Waals surface area (Å²) in [6.45, 7) is 0.610. The lowest BCUT2D eigenvalue weighted by atomic mass is 9.98. The highest BCUT2D eigenvalue weighted by molar-refractivity contribution is 5.79. The number of rotatable bonds is 6. The van der Waals surface area contributed by atoms with E-state index >= 15 is 0 Å². The Labute approximate surface area is 188 Å². The Morgan fingerprint density at radius 3 is 2.38 bits per heavy atom. The number of amides is 1. The van der Waals surface area contributed by atoms with E-state index in [2.05, 4.69) is 41.4 Å². The van der Waals surface area contributed by atoms with Crippen molar-refractivity contribution in [2.24, 2.45) is 0 Å². The van der Waals surface area contributed by atoms with Crippen LogP contribution in [0.2, 0.25) is 0 Å². The first-order chi connectivity index (χ1) is 15.7. The van der Waals surface area contributed by atoms with Crippen LogP contribution < -0.4 is 10.1 Å². The van der Waals surface area contributed by atoms with E-state index in [0.717, 1.165) is 11.1 Å². The van der Waals surface area contributed by atoms with Crippen molar-refractivity contribution in [1.29, 1.82) is 0 Å². The Bertz CT molecular complexity index is 1130. The van der Waals surface area contributed by atoms with Crippen LogP contribution in [-0.4, -0.2) is 31.5 Å². The van der Waals surface area contributed by atoms with Crippen molar-refractivity contribution in [3.63, 3.8) is 0 Å². The number of carbonyl (C=O) groups is 1. The first-order valence-electron chi connectivity index (χ1n) is 10.6. The summed E-state index contributed by atoms with van der Waals surface area (Å²) in [5.74, 6) is 6.72. The van der Waals surface area contributed by atoms with Gasteiger partial charge in [-0.25, -0.2) is 4.79 Å². The van der Waals surface area contributed by atoms with Gasteiger partial charge >= 0.3 is 6.09 Å². The highest BCUT2D eigenvalue weighted by Crippen LogP contribution is 2.44. The molecule has 0 bridgehead atoms. The molecular weight excluding hydrogens is 402 g/mol. The number of hydrogen-bond acceptors (Lipinski definition) is 4. The van der Waals surface area contributed by atoms with Gasteiger partial charge in [-0.05, 0) is 34.4 Å². The van der Waals surface area contributed by atoms with Crippen LogP contribution in [0, 0.1) is 11.8 Å². The summed E-state index contributed by atoms with van der Waals surface area (Å²) < 4.78 is 10.8. The summed E-state index contributed by atoms with van der Waals surface area (Å²) in [5.41, 5.74) is 6.30. The van der Waals surface area contributed by atoms with E-state index in [4.69, 9.17) is 9.47 Å². The molecule has 5 nitrogen and oxygen atoms in total. The number of carbonyl (C=O) groups excluding carboxylic acids is 1. The van der Waals surface area contributed by atoms with E-state index < -0.39 is 6.09 Å². The van der Waals surface area contributed by atoms with Gasteiger partial charge in [0.2, 0.25) is 0 Å². The van der Waals surface area contributed by atoms with Gasteiger partial charge in [-0.3, -0.25) is 0 Å². The highest BCUT2D eigenvalue weighted by atomic mass is 16.5. The molecule has 5 heteroatoms. The fourth-order valence-corrected chi connectivity index (χ4v) is 3.99. The smallest absolute Gasteiger partial charge is 0.407 e. The standard InChI is InChI=1S/C27H25NO4/c1-31-26-16-19(13-14-20(26)17-29)8-6-7-15-28-27(30)32-18-25-23-11-4-2-9-21(23)22-10-3-5-12-24(22)25/h2-5,9-14,16,25,29H,7,15,17-18H2,1H3,(H,28,30). The minimum atomic E-state index is -0.442. The van der Waals surface area contributed by atoms with Crippen LogP contribution in [0.4, 0.5) is 4.79 Å². The van der Waals surface area contributed by atoms with Crippen LogP contribution in [-0.2, 0) is 11.3 Å². The Morgan fingerprint density at radius 2 is 1.72 bits per heavy atom. The van der Waals surface area contributed by atoms with Crippen LogP contribution in [0.15, 0.2) is 66.7 Å². The molecule has 0 unspecified atom stereocenters. The van der Waals surface area contributed by atoms with E-state index in [9.17, 15) is 9.90 Å². The Balaban J connectivity index is 1.28. The molecule has 2 N–H and O–H groups in total. The first-order valence-corrected chi connectivity index (χ1v) is 10.6. The molecule has 0 aromatic heterocycles. The molecular formula is C27H25NO4. The van der Waals surface area contributed by atoms with Crippen LogP contribution in [0.25, 0.3) is 11.1 Å². The van der Waals surface area contributed by atoms with Crippen molar-refractivity contribution >= 4 is 6.09 Å². The van der Waals surface area contributed by atoms with Crippen molar-refractivity contribution in [3.8, 4) is 28.7 Å². The number of nitrogens with one attached hydrogen (secondary N) is 1. The van der Waals surface area contributed by atoms with E-state index in [1.807, 2.05) is 30.3 Å². The minimum Gasteiger partial charge on any atom is -0.496 e. The molecule has 162 valence electrons. The molecule has 0 saturated heterocycles. The lowest BCUT2D eigenvalue weighted by molar-refractivity contribution is 0.143. The van der Waals surface area contributed by atoms with Gasteiger partial charge in [0.25, 0.3) is 0 Å². The first kappa shape index (κ1) is 21.5. The zero-order valence-corrected chi connectivity index (χ0v) is 17.9. The molecule has 0 saturated carbocycles. The summed E-state index contributed by atoms with van der Waals surface area (Å²) in [4.78, 5) is 12.2. The lowest BCUT2D eigenvalue weighted by Crippen LogP contribution is -2.26. The number of aliphatic hydroxyl groups is 1. The van der Waals surface area contributed by atoms with Gasteiger partial charge < -0.3 is 19.9 Å². The van der Waals surface area contributed by atoms with Crippen molar-refractivity contribution in [1.82, 2.24) is 5.32 Å². The molecule has 0 radical (unpaired) electrons. The number of benzene rings is 3. The summed E-state index contributed by atoms with van der Waals surface area (Å²) in [7, 11) is 1.56. The van der Waals surface area contributed by atoms with Gasteiger partial charge in [-0.1, -0.05) is 66.4 Å². The van der Waals surface area contributed by atoms with Crippen LogP contribution >= 0.6 is 0 Å². The molecule has 32 heavy (non-hydrogen) atoms.